The fourth-order valence-corrected chi connectivity index (χ4v) is 2.43. The van der Waals surface area contributed by atoms with Gasteiger partial charge in [-0.3, -0.25) is 4.79 Å². The molecule has 0 heterocycles. The van der Waals surface area contributed by atoms with Gasteiger partial charge in [0.15, 0.2) is 0 Å². The molecular formula is C15H24ClFN2O2S. The molecule has 2 unspecified atom stereocenters. The number of hydrogen-bond donors (Lipinski definition) is 3. The van der Waals surface area contributed by atoms with E-state index < -0.39 is 12.1 Å². The number of aliphatic hydroxyl groups is 1. The zero-order valence-electron chi connectivity index (χ0n) is 12.8. The first-order chi connectivity index (χ1) is 9.93. The summed E-state index contributed by atoms with van der Waals surface area (Å²) >= 11 is 1.64. The Morgan fingerprint density at radius 2 is 2.00 bits per heavy atom. The van der Waals surface area contributed by atoms with Gasteiger partial charge in [-0.15, -0.1) is 12.4 Å². The fraction of sp³-hybridized carbons (Fsp3) is 0.533. The normalized spacial score (nSPS) is 14.6. The molecular weight excluding hydrogens is 327 g/mol. The second-order valence-corrected chi connectivity index (χ2v) is 6.09. The summed E-state index contributed by atoms with van der Waals surface area (Å²) in [5, 5.41) is 12.9. The zero-order chi connectivity index (χ0) is 15.8. The molecule has 1 aromatic rings. The van der Waals surface area contributed by atoms with E-state index in [0.717, 1.165) is 5.75 Å². The van der Waals surface area contributed by atoms with Crippen LogP contribution >= 0.6 is 24.2 Å². The number of carbonyl (C=O) groups is 1. The lowest BCUT2D eigenvalue weighted by molar-refractivity contribution is -0.123. The number of nitrogens with one attached hydrogen (secondary N) is 1. The number of halogens is 2. The van der Waals surface area contributed by atoms with Gasteiger partial charge in [0, 0.05) is 6.04 Å². The smallest absolute Gasteiger partial charge is 0.237 e. The average molecular weight is 351 g/mol. The van der Waals surface area contributed by atoms with Crippen molar-refractivity contribution in [3.63, 3.8) is 0 Å². The Morgan fingerprint density at radius 1 is 1.41 bits per heavy atom. The Morgan fingerprint density at radius 3 is 2.55 bits per heavy atom. The van der Waals surface area contributed by atoms with Gasteiger partial charge >= 0.3 is 0 Å². The van der Waals surface area contributed by atoms with Crippen LogP contribution in [0.3, 0.4) is 0 Å². The van der Waals surface area contributed by atoms with Crippen LogP contribution in [-0.2, 0) is 4.79 Å². The predicted molar refractivity (Wildman–Crippen MR) is 91.8 cm³/mol. The van der Waals surface area contributed by atoms with Gasteiger partial charge in [-0.1, -0.05) is 12.1 Å². The third-order valence-electron chi connectivity index (χ3n) is 3.19. The maximum Gasteiger partial charge on any atom is 0.237 e. The molecule has 0 saturated carbocycles. The van der Waals surface area contributed by atoms with Crippen molar-refractivity contribution in [1.29, 1.82) is 0 Å². The Balaban J connectivity index is 0.00000441. The number of aliphatic hydroxyl groups excluding tert-OH is 1. The van der Waals surface area contributed by atoms with Crippen LogP contribution in [-0.4, -0.2) is 35.1 Å². The molecule has 22 heavy (non-hydrogen) atoms. The van der Waals surface area contributed by atoms with E-state index in [9.17, 15) is 14.3 Å². The van der Waals surface area contributed by atoms with E-state index in [0.29, 0.717) is 18.4 Å². The third kappa shape index (κ3) is 7.45. The summed E-state index contributed by atoms with van der Waals surface area (Å²) in [6.45, 7) is 1.81. The van der Waals surface area contributed by atoms with Gasteiger partial charge in [0.2, 0.25) is 5.91 Å². The number of hydrogen-bond acceptors (Lipinski definition) is 4. The van der Waals surface area contributed by atoms with Gasteiger partial charge in [0.25, 0.3) is 0 Å². The molecule has 1 rings (SSSR count). The minimum Gasteiger partial charge on any atom is -0.388 e. The molecule has 0 aliphatic heterocycles. The maximum absolute atomic E-state index is 12.8. The summed E-state index contributed by atoms with van der Waals surface area (Å²) in [4.78, 5) is 11.8. The quantitative estimate of drug-likeness (QED) is 0.672. The van der Waals surface area contributed by atoms with Crippen LogP contribution in [0.2, 0.25) is 0 Å². The first kappa shape index (κ1) is 21.2. The highest BCUT2D eigenvalue weighted by atomic mass is 35.5. The van der Waals surface area contributed by atoms with Crippen LogP contribution < -0.4 is 11.1 Å². The lowest BCUT2D eigenvalue weighted by Crippen LogP contribution is -2.45. The van der Waals surface area contributed by atoms with Crippen molar-refractivity contribution in [2.45, 2.75) is 38.0 Å². The second-order valence-electron chi connectivity index (χ2n) is 5.10. The van der Waals surface area contributed by atoms with Gasteiger partial charge < -0.3 is 16.2 Å². The number of benzene rings is 1. The van der Waals surface area contributed by atoms with Crippen LogP contribution in [0.1, 0.15) is 31.4 Å². The first-order valence-electron chi connectivity index (χ1n) is 6.92. The Kier molecular flexibility index (Phi) is 10.4. The van der Waals surface area contributed by atoms with Crippen LogP contribution in [0.4, 0.5) is 4.39 Å². The fourth-order valence-electron chi connectivity index (χ4n) is 1.94. The molecule has 0 bridgehead atoms. The minimum absolute atomic E-state index is 0. The SMILES string of the molecule is CSCC[C@H](N)C(=O)NC(C)CC(O)c1ccc(F)cc1.Cl. The van der Waals surface area contributed by atoms with Crippen molar-refractivity contribution in [1.82, 2.24) is 5.32 Å². The molecule has 0 aromatic heterocycles. The van der Waals surface area contributed by atoms with E-state index in [-0.39, 0.29) is 30.2 Å². The standard InChI is InChI=1S/C15H23FN2O2S.ClH/c1-10(18-15(20)13(17)7-8-21-2)9-14(19)11-3-5-12(16)6-4-11;/h3-6,10,13-14,19H,7-9,17H2,1-2H3,(H,18,20);1H/t10?,13-,14?;/m0./s1. The van der Waals surface area contributed by atoms with E-state index in [2.05, 4.69) is 5.32 Å². The lowest BCUT2D eigenvalue weighted by Gasteiger charge is -2.20. The highest BCUT2D eigenvalue weighted by Gasteiger charge is 2.18. The first-order valence-corrected chi connectivity index (χ1v) is 8.31. The Bertz CT molecular complexity index is 448. The summed E-state index contributed by atoms with van der Waals surface area (Å²) in [5.41, 5.74) is 6.41. The maximum atomic E-state index is 12.8. The average Bonchev–Trinajstić information content (AvgIpc) is 2.45. The number of rotatable bonds is 8. The van der Waals surface area contributed by atoms with Crippen LogP contribution in [0, 0.1) is 5.82 Å². The molecule has 0 fully saturated rings. The molecule has 0 aliphatic rings. The van der Waals surface area contributed by atoms with Crippen molar-refractivity contribution in [3.8, 4) is 0 Å². The van der Waals surface area contributed by atoms with E-state index in [1.54, 1.807) is 23.9 Å². The molecule has 1 aromatic carbocycles. The van der Waals surface area contributed by atoms with Gasteiger partial charge in [-0.05, 0) is 49.5 Å². The van der Waals surface area contributed by atoms with E-state index in [1.165, 1.54) is 12.1 Å². The largest absolute Gasteiger partial charge is 0.388 e. The Labute approximate surface area is 141 Å². The van der Waals surface area contributed by atoms with E-state index in [4.69, 9.17) is 5.73 Å². The van der Waals surface area contributed by atoms with Crippen LogP contribution in [0.25, 0.3) is 0 Å². The number of nitrogens with two attached hydrogens (primary N) is 1. The van der Waals surface area contributed by atoms with Crippen molar-refractivity contribution >= 4 is 30.1 Å². The molecule has 0 spiro atoms. The summed E-state index contributed by atoms with van der Waals surface area (Å²) < 4.78 is 12.8. The van der Waals surface area contributed by atoms with Crippen LogP contribution in [0.5, 0.6) is 0 Å². The second kappa shape index (κ2) is 10.8. The molecule has 0 aliphatic carbocycles. The topological polar surface area (TPSA) is 75.4 Å². The summed E-state index contributed by atoms with van der Waals surface area (Å²) in [6, 6.07) is 4.96. The zero-order valence-corrected chi connectivity index (χ0v) is 14.4. The van der Waals surface area contributed by atoms with E-state index in [1.807, 2.05) is 13.2 Å². The number of amides is 1. The van der Waals surface area contributed by atoms with Gasteiger partial charge in [0.1, 0.15) is 5.82 Å². The van der Waals surface area contributed by atoms with Crippen molar-refractivity contribution in [2.75, 3.05) is 12.0 Å². The highest BCUT2D eigenvalue weighted by molar-refractivity contribution is 7.98. The molecule has 4 N–H and O–H groups in total. The minimum atomic E-state index is -0.747. The van der Waals surface area contributed by atoms with Crippen molar-refractivity contribution < 1.29 is 14.3 Å². The highest BCUT2D eigenvalue weighted by Crippen LogP contribution is 2.18. The monoisotopic (exact) mass is 350 g/mol. The molecule has 126 valence electrons. The van der Waals surface area contributed by atoms with Crippen LogP contribution in [0.15, 0.2) is 24.3 Å². The predicted octanol–water partition coefficient (Wildman–Crippen LogP) is 2.26. The molecule has 7 heteroatoms. The van der Waals surface area contributed by atoms with Gasteiger partial charge in [-0.25, -0.2) is 4.39 Å². The number of thioether (sulfide) groups is 1. The van der Waals surface area contributed by atoms with Crippen molar-refractivity contribution in [3.05, 3.63) is 35.6 Å². The molecule has 1 amide bonds. The third-order valence-corrected chi connectivity index (χ3v) is 3.83. The molecule has 0 saturated heterocycles. The summed E-state index contributed by atoms with van der Waals surface area (Å²) in [6.07, 6.45) is 2.20. The van der Waals surface area contributed by atoms with E-state index >= 15 is 0 Å². The van der Waals surface area contributed by atoms with Crippen molar-refractivity contribution in [2.24, 2.45) is 5.73 Å². The van der Waals surface area contributed by atoms with Gasteiger partial charge in [0.05, 0.1) is 12.1 Å². The molecule has 3 atom stereocenters. The Hall–Kier alpha value is -0.820. The summed E-state index contributed by atoms with van der Waals surface area (Å²) in [7, 11) is 0. The lowest BCUT2D eigenvalue weighted by atomic mass is 10.0. The van der Waals surface area contributed by atoms with Gasteiger partial charge in [-0.2, -0.15) is 11.8 Å². The number of carbonyl (C=O) groups excluding carboxylic acids is 1. The molecule has 4 nitrogen and oxygen atoms in total. The molecule has 0 radical (unpaired) electrons. The summed E-state index contributed by atoms with van der Waals surface area (Å²) in [5.74, 6) is 0.288.